The van der Waals surface area contributed by atoms with E-state index in [0.29, 0.717) is 0 Å². The van der Waals surface area contributed by atoms with Crippen LogP contribution in [0.25, 0.3) is 10.4 Å². The highest BCUT2D eigenvalue weighted by Crippen LogP contribution is 2.44. The van der Waals surface area contributed by atoms with Crippen molar-refractivity contribution in [2.24, 2.45) is 5.11 Å². The van der Waals surface area contributed by atoms with E-state index in [1.165, 1.54) is 0 Å². The molecule has 0 radical (unpaired) electrons. The summed E-state index contributed by atoms with van der Waals surface area (Å²) in [5.74, 6) is -0.863. The molecule has 96 valence electrons. The maximum Gasteiger partial charge on any atom is 0.199 e. The highest BCUT2D eigenvalue weighted by atomic mass is 16.8. The maximum atomic E-state index is 9.37. The van der Waals surface area contributed by atoms with Gasteiger partial charge >= 0.3 is 0 Å². The average molecular weight is 245 g/mol. The monoisotopic (exact) mass is 245 g/mol. The Hall–Kier alpha value is -0.890. The van der Waals surface area contributed by atoms with E-state index in [1.54, 1.807) is 13.8 Å². The van der Waals surface area contributed by atoms with Crippen LogP contribution in [0.4, 0.5) is 0 Å². The summed E-state index contributed by atoms with van der Waals surface area (Å²) >= 11 is 0. The van der Waals surface area contributed by atoms with Gasteiger partial charge in [-0.1, -0.05) is 5.11 Å². The Labute approximate surface area is 97.7 Å². The molecule has 2 aliphatic heterocycles. The summed E-state index contributed by atoms with van der Waals surface area (Å²) in [4.78, 5) is 2.66. The van der Waals surface area contributed by atoms with Crippen molar-refractivity contribution in [1.82, 2.24) is 0 Å². The molecule has 8 heteroatoms. The average Bonchev–Trinajstić information content (AvgIpc) is 2.73. The minimum Gasteiger partial charge on any atom is -0.394 e. The van der Waals surface area contributed by atoms with Crippen molar-refractivity contribution in [3.63, 3.8) is 0 Å². The standard InChI is InChI=1S/C9H15N3O5/c1-8(2)16-6-5(3-13)15-9(4-14,11-12-10)7(6)17-8/h5-7,13-14H,3-4H2,1-2H3/t5-,6-,7-,9-/m1/s1. The van der Waals surface area contributed by atoms with Crippen LogP contribution in [0.5, 0.6) is 0 Å². The topological polar surface area (TPSA) is 117 Å². The summed E-state index contributed by atoms with van der Waals surface area (Å²) in [7, 11) is 0. The Morgan fingerprint density at radius 2 is 2.00 bits per heavy atom. The smallest absolute Gasteiger partial charge is 0.199 e. The molecule has 2 aliphatic rings. The summed E-state index contributed by atoms with van der Waals surface area (Å²) in [5.41, 5.74) is 7.01. The zero-order valence-electron chi connectivity index (χ0n) is 9.61. The fraction of sp³-hybridized carbons (Fsp3) is 1.00. The molecular formula is C9H15N3O5. The molecular weight excluding hydrogens is 230 g/mol. The number of rotatable bonds is 3. The quantitative estimate of drug-likeness (QED) is 0.409. The number of aliphatic hydroxyl groups is 2. The number of ether oxygens (including phenoxy) is 3. The van der Waals surface area contributed by atoms with Gasteiger partial charge in [0, 0.05) is 4.91 Å². The summed E-state index contributed by atoms with van der Waals surface area (Å²) in [6.07, 6.45) is -1.97. The summed E-state index contributed by atoms with van der Waals surface area (Å²) in [6, 6.07) is 0. The van der Waals surface area contributed by atoms with Gasteiger partial charge < -0.3 is 24.4 Å². The van der Waals surface area contributed by atoms with Crippen LogP contribution in [0.1, 0.15) is 13.8 Å². The first-order valence-corrected chi connectivity index (χ1v) is 5.29. The first-order chi connectivity index (χ1) is 7.98. The van der Waals surface area contributed by atoms with Crippen molar-refractivity contribution in [3.05, 3.63) is 10.4 Å². The predicted octanol–water partition coefficient (Wildman–Crippen LogP) is -0.104. The van der Waals surface area contributed by atoms with E-state index in [2.05, 4.69) is 10.0 Å². The number of aliphatic hydroxyl groups excluding tert-OH is 2. The SMILES string of the molecule is CC1(C)O[C@H]2[C@@H](O1)[C@](CO)(N=[N+]=[N-])O[C@@H]2CO. The normalized spacial score (nSPS) is 43.2. The molecule has 0 bridgehead atoms. The van der Waals surface area contributed by atoms with Gasteiger partial charge in [0.25, 0.3) is 0 Å². The molecule has 0 aliphatic carbocycles. The molecule has 0 unspecified atom stereocenters. The minimum absolute atomic E-state index is 0.302. The van der Waals surface area contributed by atoms with E-state index in [9.17, 15) is 10.2 Å². The van der Waals surface area contributed by atoms with Gasteiger partial charge in [-0.05, 0) is 19.4 Å². The Kier molecular flexibility index (Phi) is 3.03. The van der Waals surface area contributed by atoms with E-state index in [1.807, 2.05) is 0 Å². The second-order valence-corrected chi connectivity index (χ2v) is 4.55. The van der Waals surface area contributed by atoms with E-state index < -0.39 is 36.4 Å². The third-order valence-corrected chi connectivity index (χ3v) is 2.92. The molecule has 0 aromatic heterocycles. The third kappa shape index (κ3) is 1.89. The van der Waals surface area contributed by atoms with Gasteiger partial charge in [0.2, 0.25) is 0 Å². The number of hydrogen-bond donors (Lipinski definition) is 2. The second-order valence-electron chi connectivity index (χ2n) is 4.55. The minimum atomic E-state index is -1.53. The molecule has 8 nitrogen and oxygen atoms in total. The lowest BCUT2D eigenvalue weighted by Gasteiger charge is -2.28. The Balaban J connectivity index is 2.34. The van der Waals surface area contributed by atoms with Gasteiger partial charge in [-0.2, -0.15) is 0 Å². The summed E-state index contributed by atoms with van der Waals surface area (Å²) in [6.45, 7) is 2.58. The third-order valence-electron chi connectivity index (χ3n) is 2.92. The first kappa shape index (κ1) is 12.6. The van der Waals surface area contributed by atoms with E-state index in [4.69, 9.17) is 19.7 Å². The first-order valence-electron chi connectivity index (χ1n) is 5.29. The van der Waals surface area contributed by atoms with Crippen molar-refractivity contribution in [2.45, 2.75) is 43.7 Å². The maximum absolute atomic E-state index is 9.37. The molecule has 0 aromatic rings. The highest BCUT2D eigenvalue weighted by molar-refractivity contribution is 5.05. The predicted molar refractivity (Wildman–Crippen MR) is 54.7 cm³/mol. The number of azide groups is 1. The van der Waals surface area contributed by atoms with Gasteiger partial charge in [0.05, 0.1) is 13.2 Å². The van der Waals surface area contributed by atoms with E-state index in [-0.39, 0.29) is 6.61 Å². The second kappa shape index (κ2) is 4.09. The Morgan fingerprint density at radius 1 is 1.29 bits per heavy atom. The molecule has 2 heterocycles. The van der Waals surface area contributed by atoms with Crippen LogP contribution in [-0.2, 0) is 14.2 Å². The van der Waals surface area contributed by atoms with Crippen molar-refractivity contribution in [2.75, 3.05) is 13.2 Å². The fourth-order valence-corrected chi connectivity index (χ4v) is 2.26. The van der Waals surface area contributed by atoms with Crippen LogP contribution >= 0.6 is 0 Å². The molecule has 0 amide bonds. The zero-order chi connectivity index (χ0) is 12.7. The zero-order valence-corrected chi connectivity index (χ0v) is 9.61. The van der Waals surface area contributed by atoms with Crippen LogP contribution in [0.3, 0.4) is 0 Å². The Morgan fingerprint density at radius 3 is 2.53 bits per heavy atom. The lowest BCUT2D eigenvalue weighted by Crippen LogP contribution is -2.44. The summed E-state index contributed by atoms with van der Waals surface area (Å²) in [5, 5.41) is 22.0. The van der Waals surface area contributed by atoms with E-state index in [0.717, 1.165) is 0 Å². The molecule has 2 N–H and O–H groups in total. The van der Waals surface area contributed by atoms with E-state index >= 15 is 0 Å². The largest absolute Gasteiger partial charge is 0.394 e. The molecule has 17 heavy (non-hydrogen) atoms. The highest BCUT2D eigenvalue weighted by Gasteiger charge is 2.62. The van der Waals surface area contributed by atoms with Crippen LogP contribution in [0.2, 0.25) is 0 Å². The molecule has 4 atom stereocenters. The molecule has 2 fully saturated rings. The van der Waals surface area contributed by atoms with Crippen LogP contribution < -0.4 is 0 Å². The lowest BCUT2D eigenvalue weighted by atomic mass is 10.0. The fourth-order valence-electron chi connectivity index (χ4n) is 2.26. The van der Waals surface area contributed by atoms with Crippen molar-refractivity contribution in [3.8, 4) is 0 Å². The summed E-state index contributed by atoms with van der Waals surface area (Å²) < 4.78 is 16.5. The number of hydrogen-bond acceptors (Lipinski definition) is 6. The van der Waals surface area contributed by atoms with Crippen molar-refractivity contribution >= 4 is 0 Å². The molecule has 2 saturated heterocycles. The Bertz CT molecular complexity index is 357. The molecule has 2 rings (SSSR count). The van der Waals surface area contributed by atoms with Crippen LogP contribution in [-0.4, -0.2) is 53.3 Å². The van der Waals surface area contributed by atoms with Crippen molar-refractivity contribution < 1.29 is 24.4 Å². The van der Waals surface area contributed by atoms with Crippen LogP contribution in [0.15, 0.2) is 5.11 Å². The molecule has 0 saturated carbocycles. The number of fused-ring (bicyclic) bond motifs is 1. The molecule has 0 aromatic carbocycles. The van der Waals surface area contributed by atoms with Gasteiger partial charge in [-0.15, -0.1) is 0 Å². The number of nitrogens with zero attached hydrogens (tertiary/aromatic N) is 3. The molecule has 0 spiro atoms. The van der Waals surface area contributed by atoms with Gasteiger partial charge in [-0.3, -0.25) is 0 Å². The van der Waals surface area contributed by atoms with Gasteiger partial charge in [0.1, 0.15) is 18.3 Å². The van der Waals surface area contributed by atoms with Gasteiger partial charge in [0.15, 0.2) is 11.5 Å². The van der Waals surface area contributed by atoms with Gasteiger partial charge in [-0.25, -0.2) is 0 Å². The van der Waals surface area contributed by atoms with Crippen molar-refractivity contribution in [1.29, 1.82) is 0 Å². The lowest BCUT2D eigenvalue weighted by molar-refractivity contribution is -0.217. The van der Waals surface area contributed by atoms with Crippen LogP contribution in [0, 0.1) is 0 Å².